The van der Waals surface area contributed by atoms with Gasteiger partial charge in [0.05, 0.1) is 6.42 Å². The molecule has 0 aliphatic carbocycles. The van der Waals surface area contributed by atoms with Gasteiger partial charge >= 0.3 is 12.0 Å². The standard InChI is InChI=1S/C11H20N4O5/c1-3-4-13-9(17)6(2)14-11(20)15-7(10(18)19)5-8(12)16/h6-7H,3-5H2,1-2H3,(H2,12,16)(H,13,17)(H,18,19)(H2,14,15,20)/t6?,7-/m1/s1. The lowest BCUT2D eigenvalue weighted by molar-refractivity contribution is -0.140. The predicted octanol–water partition coefficient (Wildman–Crippen LogP) is -1.47. The molecule has 0 saturated carbocycles. The molecule has 0 aliphatic heterocycles. The van der Waals surface area contributed by atoms with E-state index in [1.807, 2.05) is 6.92 Å². The summed E-state index contributed by atoms with van der Waals surface area (Å²) >= 11 is 0. The van der Waals surface area contributed by atoms with Crippen molar-refractivity contribution in [2.45, 2.75) is 38.8 Å². The van der Waals surface area contributed by atoms with Crippen LogP contribution in [0.25, 0.3) is 0 Å². The first-order valence-electron chi connectivity index (χ1n) is 6.13. The topological polar surface area (TPSA) is 151 Å². The molecule has 0 fully saturated rings. The number of aliphatic carboxylic acids is 1. The fourth-order valence-corrected chi connectivity index (χ4v) is 1.26. The molecule has 0 saturated heterocycles. The Morgan fingerprint density at radius 2 is 1.80 bits per heavy atom. The van der Waals surface area contributed by atoms with Crippen molar-refractivity contribution in [2.75, 3.05) is 6.54 Å². The third-order valence-electron chi connectivity index (χ3n) is 2.30. The second kappa shape index (κ2) is 8.73. The third-order valence-corrected chi connectivity index (χ3v) is 2.30. The molecule has 0 radical (unpaired) electrons. The Morgan fingerprint density at radius 1 is 1.20 bits per heavy atom. The van der Waals surface area contributed by atoms with Crippen molar-refractivity contribution in [3.63, 3.8) is 0 Å². The van der Waals surface area contributed by atoms with Crippen LogP contribution < -0.4 is 21.7 Å². The van der Waals surface area contributed by atoms with E-state index in [0.717, 1.165) is 6.42 Å². The molecular formula is C11H20N4O5. The third kappa shape index (κ3) is 7.19. The van der Waals surface area contributed by atoms with E-state index in [4.69, 9.17) is 10.8 Å². The van der Waals surface area contributed by atoms with Crippen molar-refractivity contribution in [1.82, 2.24) is 16.0 Å². The summed E-state index contributed by atoms with van der Waals surface area (Å²) < 4.78 is 0. The summed E-state index contributed by atoms with van der Waals surface area (Å²) in [6.07, 6.45) is 0.226. The van der Waals surface area contributed by atoms with Gasteiger partial charge in [0.2, 0.25) is 11.8 Å². The van der Waals surface area contributed by atoms with Crippen molar-refractivity contribution < 1.29 is 24.3 Å². The Bertz CT molecular complexity index is 385. The minimum absolute atomic E-state index is 0.385. The van der Waals surface area contributed by atoms with Crippen LogP contribution in [0.3, 0.4) is 0 Å². The number of carboxylic acids is 1. The second-order valence-corrected chi connectivity index (χ2v) is 4.19. The van der Waals surface area contributed by atoms with Gasteiger partial charge in [-0.1, -0.05) is 6.92 Å². The van der Waals surface area contributed by atoms with Crippen LogP contribution in [0.5, 0.6) is 0 Å². The Labute approximate surface area is 116 Å². The van der Waals surface area contributed by atoms with Crippen molar-refractivity contribution >= 4 is 23.8 Å². The minimum atomic E-state index is -1.43. The average molecular weight is 288 g/mol. The van der Waals surface area contributed by atoms with Crippen LogP contribution in [-0.2, 0) is 14.4 Å². The number of carbonyl (C=O) groups is 4. The molecule has 9 heteroatoms. The van der Waals surface area contributed by atoms with Gasteiger partial charge in [-0.25, -0.2) is 9.59 Å². The van der Waals surface area contributed by atoms with Crippen LogP contribution in [0.2, 0.25) is 0 Å². The maximum absolute atomic E-state index is 11.5. The van der Waals surface area contributed by atoms with Crippen LogP contribution in [0.1, 0.15) is 26.7 Å². The summed E-state index contributed by atoms with van der Waals surface area (Å²) in [6, 6.07) is -3.12. The van der Waals surface area contributed by atoms with Gasteiger partial charge in [0.15, 0.2) is 0 Å². The van der Waals surface area contributed by atoms with Crippen molar-refractivity contribution in [3.8, 4) is 0 Å². The van der Waals surface area contributed by atoms with Crippen molar-refractivity contribution in [2.24, 2.45) is 5.73 Å². The molecule has 6 N–H and O–H groups in total. The highest BCUT2D eigenvalue weighted by molar-refractivity contribution is 5.90. The molecule has 0 bridgehead atoms. The molecule has 0 spiro atoms. The number of amides is 4. The number of carbonyl (C=O) groups excluding carboxylic acids is 3. The van der Waals surface area contributed by atoms with E-state index in [1.54, 1.807) is 0 Å². The van der Waals surface area contributed by atoms with E-state index in [2.05, 4.69) is 16.0 Å². The molecular weight excluding hydrogens is 268 g/mol. The fraction of sp³-hybridized carbons (Fsp3) is 0.636. The first-order valence-corrected chi connectivity index (χ1v) is 6.13. The number of carboxylic acid groups (broad SMARTS) is 1. The summed E-state index contributed by atoms with van der Waals surface area (Å²) in [5, 5.41) is 15.7. The lowest BCUT2D eigenvalue weighted by Crippen LogP contribution is -2.53. The van der Waals surface area contributed by atoms with Crippen molar-refractivity contribution in [3.05, 3.63) is 0 Å². The monoisotopic (exact) mass is 288 g/mol. The molecule has 0 heterocycles. The Balaban J connectivity index is 4.34. The molecule has 0 aromatic carbocycles. The van der Waals surface area contributed by atoms with E-state index in [1.165, 1.54) is 6.92 Å². The number of hydrogen-bond donors (Lipinski definition) is 5. The van der Waals surface area contributed by atoms with Gasteiger partial charge < -0.3 is 26.8 Å². The van der Waals surface area contributed by atoms with Crippen molar-refractivity contribution in [1.29, 1.82) is 0 Å². The molecule has 2 atom stereocenters. The molecule has 9 nitrogen and oxygen atoms in total. The van der Waals surface area contributed by atoms with Gasteiger partial charge in [-0.2, -0.15) is 0 Å². The maximum atomic E-state index is 11.5. The highest BCUT2D eigenvalue weighted by Gasteiger charge is 2.23. The summed E-state index contributed by atoms with van der Waals surface area (Å²) in [5.41, 5.74) is 4.87. The van der Waals surface area contributed by atoms with Crippen LogP contribution in [0.4, 0.5) is 4.79 Å². The molecule has 0 aromatic rings. The zero-order chi connectivity index (χ0) is 15.7. The predicted molar refractivity (Wildman–Crippen MR) is 69.7 cm³/mol. The molecule has 114 valence electrons. The zero-order valence-corrected chi connectivity index (χ0v) is 11.4. The smallest absolute Gasteiger partial charge is 0.326 e. The normalized spacial score (nSPS) is 12.9. The summed E-state index contributed by atoms with van der Waals surface area (Å²) in [5.74, 6) is -2.63. The molecule has 0 aliphatic rings. The molecule has 0 aromatic heterocycles. The fourth-order valence-electron chi connectivity index (χ4n) is 1.26. The first kappa shape index (κ1) is 17.7. The Kier molecular flexibility index (Phi) is 7.71. The second-order valence-electron chi connectivity index (χ2n) is 4.19. The summed E-state index contributed by atoms with van der Waals surface area (Å²) in [4.78, 5) is 44.5. The summed E-state index contributed by atoms with van der Waals surface area (Å²) in [6.45, 7) is 3.81. The van der Waals surface area contributed by atoms with Crippen LogP contribution in [-0.4, -0.2) is 47.5 Å². The quantitative estimate of drug-likeness (QED) is 0.369. The van der Waals surface area contributed by atoms with Gasteiger partial charge in [-0.3, -0.25) is 9.59 Å². The lowest BCUT2D eigenvalue weighted by atomic mass is 10.2. The van der Waals surface area contributed by atoms with Crippen LogP contribution in [0.15, 0.2) is 0 Å². The molecule has 20 heavy (non-hydrogen) atoms. The number of urea groups is 1. The first-order chi connectivity index (χ1) is 9.27. The van der Waals surface area contributed by atoms with Crippen LogP contribution >= 0.6 is 0 Å². The van der Waals surface area contributed by atoms with Gasteiger partial charge in [0.25, 0.3) is 0 Å². The molecule has 1 unspecified atom stereocenters. The van der Waals surface area contributed by atoms with E-state index in [0.29, 0.717) is 6.54 Å². The van der Waals surface area contributed by atoms with Gasteiger partial charge in [0, 0.05) is 6.54 Å². The molecule has 4 amide bonds. The van der Waals surface area contributed by atoms with E-state index >= 15 is 0 Å². The lowest BCUT2D eigenvalue weighted by Gasteiger charge is -2.17. The van der Waals surface area contributed by atoms with Crippen LogP contribution in [0, 0.1) is 0 Å². The van der Waals surface area contributed by atoms with Gasteiger partial charge in [0.1, 0.15) is 12.1 Å². The average Bonchev–Trinajstić information content (AvgIpc) is 2.34. The molecule has 0 rings (SSSR count). The minimum Gasteiger partial charge on any atom is -0.480 e. The van der Waals surface area contributed by atoms with E-state index < -0.39 is 36.4 Å². The number of nitrogens with two attached hydrogens (primary N) is 1. The van der Waals surface area contributed by atoms with E-state index in [-0.39, 0.29) is 5.91 Å². The largest absolute Gasteiger partial charge is 0.480 e. The summed E-state index contributed by atoms with van der Waals surface area (Å²) in [7, 11) is 0. The maximum Gasteiger partial charge on any atom is 0.326 e. The number of nitrogens with one attached hydrogen (secondary N) is 3. The van der Waals surface area contributed by atoms with E-state index in [9.17, 15) is 19.2 Å². The van der Waals surface area contributed by atoms with Gasteiger partial charge in [-0.05, 0) is 13.3 Å². The zero-order valence-electron chi connectivity index (χ0n) is 11.4. The number of hydrogen-bond acceptors (Lipinski definition) is 4. The number of rotatable bonds is 8. The van der Waals surface area contributed by atoms with Gasteiger partial charge in [-0.15, -0.1) is 0 Å². The highest BCUT2D eigenvalue weighted by Crippen LogP contribution is 1.92. The Morgan fingerprint density at radius 3 is 2.25 bits per heavy atom. The number of primary amides is 1. The highest BCUT2D eigenvalue weighted by atomic mass is 16.4. The Hall–Kier alpha value is -2.32. The SMILES string of the molecule is CCCNC(=O)C(C)NC(=O)N[C@H](CC(N)=O)C(=O)O.